The Morgan fingerprint density at radius 2 is 1.79 bits per heavy atom. The third kappa shape index (κ3) is 4.21. The number of piperidine rings is 1. The second-order valence-corrected chi connectivity index (χ2v) is 9.82. The zero-order valence-electron chi connectivity index (χ0n) is 19.0. The maximum absolute atomic E-state index is 12.8. The lowest BCUT2D eigenvalue weighted by molar-refractivity contribution is -0.137. The number of halogens is 3. The minimum Gasteiger partial charge on any atom is -0.490 e. The molecule has 1 saturated carbocycles. The van der Waals surface area contributed by atoms with Crippen molar-refractivity contribution in [1.82, 2.24) is 4.98 Å². The molecule has 2 heterocycles. The number of nitrogens with one attached hydrogen (secondary N) is 1. The van der Waals surface area contributed by atoms with Gasteiger partial charge >= 0.3 is 6.18 Å². The van der Waals surface area contributed by atoms with Crippen LogP contribution in [0.3, 0.4) is 0 Å². The van der Waals surface area contributed by atoms with Crippen molar-refractivity contribution in [1.29, 1.82) is 0 Å². The molecule has 2 aromatic carbocycles. The van der Waals surface area contributed by atoms with Crippen molar-refractivity contribution < 1.29 is 22.7 Å². The van der Waals surface area contributed by atoms with Crippen LogP contribution in [0.5, 0.6) is 5.75 Å². The first-order valence-electron chi connectivity index (χ1n) is 11.6. The van der Waals surface area contributed by atoms with E-state index in [4.69, 9.17) is 10.5 Å². The number of rotatable bonds is 5. The molecule has 2 aliphatic rings. The maximum atomic E-state index is 12.8. The number of primary amides is 1. The monoisotopic (exact) mass is 471 g/mol. The van der Waals surface area contributed by atoms with Gasteiger partial charge in [-0.05, 0) is 67.5 Å². The number of fused-ring (bicyclic) bond motifs is 1. The summed E-state index contributed by atoms with van der Waals surface area (Å²) in [5.41, 5.74) is 7.54. The molecule has 0 spiro atoms. The predicted molar refractivity (Wildman–Crippen MR) is 125 cm³/mol. The highest BCUT2D eigenvalue weighted by molar-refractivity contribution is 5.94. The predicted octanol–water partition coefficient (Wildman–Crippen LogP) is 5.60. The Balaban J connectivity index is 1.23. The van der Waals surface area contributed by atoms with Crippen molar-refractivity contribution in [2.24, 2.45) is 11.1 Å². The van der Waals surface area contributed by atoms with Crippen LogP contribution >= 0.6 is 0 Å². The fourth-order valence-corrected chi connectivity index (χ4v) is 4.98. The summed E-state index contributed by atoms with van der Waals surface area (Å²) in [5.74, 6) is 0.756. The Morgan fingerprint density at radius 3 is 2.41 bits per heavy atom. The number of benzene rings is 2. The van der Waals surface area contributed by atoms with Gasteiger partial charge < -0.3 is 20.4 Å². The van der Waals surface area contributed by atoms with Gasteiger partial charge in [0.15, 0.2) is 0 Å². The normalized spacial score (nSPS) is 22.4. The van der Waals surface area contributed by atoms with E-state index >= 15 is 0 Å². The van der Waals surface area contributed by atoms with E-state index in [9.17, 15) is 18.0 Å². The van der Waals surface area contributed by atoms with Crippen molar-refractivity contribution in [3.63, 3.8) is 0 Å². The molecule has 1 saturated heterocycles. The third-order valence-corrected chi connectivity index (χ3v) is 7.54. The van der Waals surface area contributed by atoms with Crippen LogP contribution in [0.25, 0.3) is 10.9 Å². The molecule has 1 aliphatic carbocycles. The summed E-state index contributed by atoms with van der Waals surface area (Å²) in [6.07, 6.45) is 0.721. The van der Waals surface area contributed by atoms with Gasteiger partial charge in [-0.3, -0.25) is 4.79 Å². The van der Waals surface area contributed by atoms with Crippen molar-refractivity contribution in [3.8, 4) is 5.75 Å². The Morgan fingerprint density at radius 1 is 1.12 bits per heavy atom. The van der Waals surface area contributed by atoms with Crippen LogP contribution in [-0.4, -0.2) is 30.1 Å². The summed E-state index contributed by atoms with van der Waals surface area (Å²) in [5, 5.41) is 1.07. The number of aromatic amines is 1. The average molecular weight is 472 g/mol. The van der Waals surface area contributed by atoms with E-state index in [1.165, 1.54) is 0 Å². The molecule has 180 valence electrons. The van der Waals surface area contributed by atoms with E-state index in [-0.39, 0.29) is 17.9 Å². The standard InChI is InChI=1S/C26H28F3N3O2/c1-25(24(30)33)8-10-32(11-9-25)23-15-31-22-7-6-19(14-21(22)23)34-20-12-17(13-20)16-2-4-18(5-3-16)26(27,28)29/h2-7,14-15,17,20,31H,8-13H2,1H3,(H2,30,33). The highest BCUT2D eigenvalue weighted by Crippen LogP contribution is 2.41. The average Bonchev–Trinajstić information content (AvgIpc) is 3.19. The number of H-pyrrole nitrogens is 1. The fraction of sp³-hybridized carbons (Fsp3) is 0.423. The highest BCUT2D eigenvalue weighted by atomic mass is 19.4. The summed E-state index contributed by atoms with van der Waals surface area (Å²) in [4.78, 5) is 17.4. The summed E-state index contributed by atoms with van der Waals surface area (Å²) in [6, 6.07) is 11.4. The van der Waals surface area contributed by atoms with Gasteiger partial charge in [-0.1, -0.05) is 19.1 Å². The molecule has 3 N–H and O–H groups in total. The van der Waals surface area contributed by atoms with Gasteiger partial charge in [-0.25, -0.2) is 0 Å². The summed E-state index contributed by atoms with van der Waals surface area (Å²) in [7, 11) is 0. The number of carbonyl (C=O) groups is 1. The van der Waals surface area contributed by atoms with E-state index in [0.717, 1.165) is 78.8 Å². The van der Waals surface area contributed by atoms with Gasteiger partial charge in [0.25, 0.3) is 0 Å². The molecule has 5 rings (SSSR count). The molecule has 8 heteroatoms. The number of carbonyl (C=O) groups excluding carboxylic acids is 1. The molecule has 3 aromatic rings. The number of alkyl halides is 3. The van der Waals surface area contributed by atoms with Crippen LogP contribution < -0.4 is 15.4 Å². The SMILES string of the molecule is CC1(C(N)=O)CCN(c2c[nH]c3ccc(OC4CC(c5ccc(C(F)(F)F)cc5)C4)cc23)CC1. The lowest BCUT2D eigenvalue weighted by atomic mass is 9.77. The first-order valence-corrected chi connectivity index (χ1v) is 11.6. The van der Waals surface area contributed by atoms with Gasteiger partial charge in [0.05, 0.1) is 17.4 Å². The van der Waals surface area contributed by atoms with E-state index in [1.807, 2.05) is 31.3 Å². The molecule has 0 atom stereocenters. The molecule has 2 fully saturated rings. The number of hydrogen-bond donors (Lipinski definition) is 2. The molecule has 34 heavy (non-hydrogen) atoms. The third-order valence-electron chi connectivity index (χ3n) is 7.54. The number of ether oxygens (including phenoxy) is 1. The Labute approximate surface area is 196 Å². The Kier molecular flexibility index (Phi) is 5.49. The zero-order chi connectivity index (χ0) is 24.1. The van der Waals surface area contributed by atoms with Crippen molar-refractivity contribution in [2.45, 2.75) is 50.8 Å². The molecule has 0 radical (unpaired) electrons. The summed E-state index contributed by atoms with van der Waals surface area (Å²) >= 11 is 0. The molecule has 1 aromatic heterocycles. The number of nitrogens with zero attached hydrogens (tertiary/aromatic N) is 1. The first-order chi connectivity index (χ1) is 16.1. The zero-order valence-corrected chi connectivity index (χ0v) is 19.0. The lowest BCUT2D eigenvalue weighted by Gasteiger charge is -2.38. The smallest absolute Gasteiger partial charge is 0.416 e. The number of hydrogen-bond acceptors (Lipinski definition) is 3. The molecular formula is C26H28F3N3O2. The molecular weight excluding hydrogens is 443 g/mol. The largest absolute Gasteiger partial charge is 0.490 e. The number of nitrogens with two attached hydrogens (primary N) is 1. The molecule has 0 unspecified atom stereocenters. The minimum absolute atomic E-state index is 0.0402. The van der Waals surface area contributed by atoms with Gasteiger partial charge in [0.1, 0.15) is 5.75 Å². The van der Waals surface area contributed by atoms with Crippen molar-refractivity contribution >= 4 is 22.5 Å². The van der Waals surface area contributed by atoms with Crippen LogP contribution in [0.4, 0.5) is 18.9 Å². The van der Waals surface area contributed by atoms with Gasteiger partial charge in [0, 0.05) is 35.6 Å². The van der Waals surface area contributed by atoms with Crippen LogP contribution in [0.15, 0.2) is 48.7 Å². The van der Waals surface area contributed by atoms with Gasteiger partial charge in [-0.2, -0.15) is 13.2 Å². The fourth-order valence-electron chi connectivity index (χ4n) is 4.98. The van der Waals surface area contributed by atoms with E-state index < -0.39 is 17.2 Å². The quantitative estimate of drug-likeness (QED) is 0.509. The van der Waals surface area contributed by atoms with Crippen molar-refractivity contribution in [3.05, 3.63) is 59.8 Å². The van der Waals surface area contributed by atoms with Crippen LogP contribution in [0.1, 0.15) is 49.7 Å². The molecule has 1 amide bonds. The summed E-state index contributed by atoms with van der Waals surface area (Å²) < 4.78 is 44.5. The first kappa shape index (κ1) is 22.6. The molecule has 5 nitrogen and oxygen atoms in total. The van der Waals surface area contributed by atoms with E-state index in [0.29, 0.717) is 0 Å². The topological polar surface area (TPSA) is 71.4 Å². The maximum Gasteiger partial charge on any atom is 0.416 e. The van der Waals surface area contributed by atoms with Gasteiger partial charge in [0.2, 0.25) is 5.91 Å². The molecule has 0 bridgehead atoms. The highest BCUT2D eigenvalue weighted by Gasteiger charge is 2.36. The summed E-state index contributed by atoms with van der Waals surface area (Å²) in [6.45, 7) is 3.45. The van der Waals surface area contributed by atoms with Crippen molar-refractivity contribution in [2.75, 3.05) is 18.0 Å². The number of aromatic nitrogens is 1. The minimum atomic E-state index is -4.31. The van der Waals surface area contributed by atoms with Crippen LogP contribution in [-0.2, 0) is 11.0 Å². The number of anilines is 1. The Bertz CT molecular complexity index is 1190. The van der Waals surface area contributed by atoms with Crippen LogP contribution in [0, 0.1) is 5.41 Å². The second kappa shape index (κ2) is 8.25. The van der Waals surface area contributed by atoms with E-state index in [2.05, 4.69) is 9.88 Å². The second-order valence-electron chi connectivity index (χ2n) is 9.82. The lowest BCUT2D eigenvalue weighted by Crippen LogP contribution is -2.45. The van der Waals surface area contributed by atoms with Crippen LogP contribution in [0.2, 0.25) is 0 Å². The number of amides is 1. The van der Waals surface area contributed by atoms with E-state index in [1.54, 1.807) is 12.1 Å². The molecule has 1 aliphatic heterocycles. The van der Waals surface area contributed by atoms with Gasteiger partial charge in [-0.15, -0.1) is 0 Å². The Hall–Kier alpha value is -3.16.